The van der Waals surface area contributed by atoms with Gasteiger partial charge in [-0.2, -0.15) is 0 Å². The number of halogens is 2. The van der Waals surface area contributed by atoms with E-state index in [1.807, 2.05) is 0 Å². The Morgan fingerprint density at radius 3 is 2.00 bits per heavy atom. The van der Waals surface area contributed by atoms with Gasteiger partial charge in [0.1, 0.15) is 15.6 Å². The van der Waals surface area contributed by atoms with Crippen molar-refractivity contribution in [3.05, 3.63) is 36.1 Å². The Balaban J connectivity index is 3.17. The van der Waals surface area contributed by atoms with Crippen LogP contribution in [0, 0.1) is 5.76 Å². The van der Waals surface area contributed by atoms with E-state index < -0.39 is 15.6 Å². The lowest BCUT2D eigenvalue weighted by atomic mass is 10.4. The molecule has 0 aliphatic rings. The topological polar surface area (TPSA) is 34.1 Å². The van der Waals surface area contributed by atoms with Gasteiger partial charge in [0.25, 0.3) is 0 Å². The van der Waals surface area contributed by atoms with Crippen molar-refractivity contribution in [3.8, 4) is 0 Å². The van der Waals surface area contributed by atoms with Crippen molar-refractivity contribution >= 4 is 9.84 Å². The maximum absolute atomic E-state index is 11.8. The van der Waals surface area contributed by atoms with Crippen LogP contribution in [0.1, 0.15) is 0 Å². The van der Waals surface area contributed by atoms with Crippen LogP contribution >= 0.6 is 0 Å². The molecular weight excluding hydrogens is 186 g/mol. The highest BCUT2D eigenvalue weighted by atomic mass is 32.2. The smallest absolute Gasteiger partial charge is 0.121 e. The molecule has 0 N–H and O–H groups in total. The zero-order valence-corrected chi connectivity index (χ0v) is 6.68. The summed E-state index contributed by atoms with van der Waals surface area (Å²) in [6.07, 6.45) is 0. The molecule has 0 aliphatic carbocycles. The maximum atomic E-state index is 11.8. The van der Waals surface area contributed by atoms with Crippen LogP contribution in [-0.2, 0) is 9.84 Å². The second kappa shape index (κ2) is 3.18. The largest absolute Gasteiger partial charge is 0.403 e. The fourth-order valence-corrected chi connectivity index (χ4v) is 1.38. The van der Waals surface area contributed by atoms with E-state index in [0.717, 1.165) is 12.1 Å². The molecule has 1 aromatic rings. The van der Waals surface area contributed by atoms with Crippen molar-refractivity contribution in [1.29, 1.82) is 0 Å². The van der Waals surface area contributed by atoms with Crippen molar-refractivity contribution in [2.24, 2.45) is 0 Å². The molecule has 0 aromatic heterocycles. The van der Waals surface area contributed by atoms with E-state index >= 15 is 0 Å². The van der Waals surface area contributed by atoms with Crippen LogP contribution in [0.2, 0.25) is 0 Å². The van der Waals surface area contributed by atoms with Crippen molar-refractivity contribution in [2.75, 3.05) is 0 Å². The van der Waals surface area contributed by atoms with E-state index in [0.29, 0.717) is 0 Å². The molecule has 2 nitrogen and oxygen atoms in total. The molecular formula is C7H5F2O2S-. The Bertz CT molecular complexity index is 345. The third kappa shape index (κ3) is 1.61. The molecule has 0 aliphatic heterocycles. The van der Waals surface area contributed by atoms with Crippen LogP contribution in [-0.4, -0.2) is 8.42 Å². The molecule has 0 bridgehead atoms. The van der Waals surface area contributed by atoms with Gasteiger partial charge in [0.05, 0.1) is 0 Å². The Morgan fingerprint density at radius 1 is 1.08 bits per heavy atom. The third-order valence-corrected chi connectivity index (χ3v) is 2.56. The first-order valence-electron chi connectivity index (χ1n) is 3.03. The predicted octanol–water partition coefficient (Wildman–Crippen LogP) is 1.85. The van der Waals surface area contributed by atoms with Gasteiger partial charge >= 0.3 is 0 Å². The van der Waals surface area contributed by atoms with Gasteiger partial charge < -0.3 is 8.78 Å². The molecule has 0 fully saturated rings. The van der Waals surface area contributed by atoms with Crippen LogP contribution in [0.25, 0.3) is 0 Å². The SMILES string of the molecule is O=S(=O)(c1ccccc1)[C-](F)F. The van der Waals surface area contributed by atoms with Crippen molar-refractivity contribution in [2.45, 2.75) is 4.90 Å². The zero-order valence-electron chi connectivity index (χ0n) is 5.87. The maximum Gasteiger partial charge on any atom is 0.121 e. The molecule has 0 spiro atoms. The first-order valence-corrected chi connectivity index (χ1v) is 4.51. The average Bonchev–Trinajstić information content (AvgIpc) is 2.06. The minimum Gasteiger partial charge on any atom is -0.403 e. The van der Waals surface area contributed by atoms with Gasteiger partial charge in [-0.1, -0.05) is 18.2 Å². The van der Waals surface area contributed by atoms with E-state index in [2.05, 4.69) is 0 Å². The van der Waals surface area contributed by atoms with Gasteiger partial charge in [0.2, 0.25) is 0 Å². The molecule has 1 rings (SSSR count). The van der Waals surface area contributed by atoms with E-state index in [4.69, 9.17) is 0 Å². The predicted molar refractivity (Wildman–Crippen MR) is 39.1 cm³/mol. The fourth-order valence-electron chi connectivity index (χ4n) is 0.689. The average molecular weight is 191 g/mol. The first kappa shape index (κ1) is 9.12. The fraction of sp³-hybridized carbons (Fsp3) is 0. The highest BCUT2D eigenvalue weighted by Gasteiger charge is 2.13. The monoisotopic (exact) mass is 191 g/mol. The lowest BCUT2D eigenvalue weighted by molar-refractivity contribution is 0.353. The normalized spacial score (nSPS) is 11.9. The number of hydrogen-bond donors (Lipinski definition) is 0. The summed E-state index contributed by atoms with van der Waals surface area (Å²) in [7, 11) is -4.49. The summed E-state index contributed by atoms with van der Waals surface area (Å²) in [4.78, 5) is -0.384. The van der Waals surface area contributed by atoms with Gasteiger partial charge in [0.15, 0.2) is 0 Å². The molecule has 5 heteroatoms. The molecule has 66 valence electrons. The molecule has 0 atom stereocenters. The van der Waals surface area contributed by atoms with Gasteiger partial charge in [0, 0.05) is 4.90 Å². The van der Waals surface area contributed by atoms with Crippen LogP contribution in [0.4, 0.5) is 8.78 Å². The first-order chi connectivity index (χ1) is 5.55. The minimum atomic E-state index is -4.49. The lowest BCUT2D eigenvalue weighted by Crippen LogP contribution is -2.03. The molecule has 0 unspecified atom stereocenters. The summed E-state index contributed by atoms with van der Waals surface area (Å²) >= 11 is 0. The van der Waals surface area contributed by atoms with Crippen LogP contribution in [0.15, 0.2) is 35.2 Å². The number of sulfone groups is 1. The van der Waals surface area contributed by atoms with Crippen LogP contribution < -0.4 is 0 Å². The molecule has 0 radical (unpaired) electrons. The number of rotatable bonds is 2. The molecule has 0 saturated heterocycles. The van der Waals surface area contributed by atoms with E-state index in [1.54, 1.807) is 6.07 Å². The van der Waals surface area contributed by atoms with Crippen molar-refractivity contribution in [3.63, 3.8) is 0 Å². The number of benzene rings is 1. The van der Waals surface area contributed by atoms with Crippen LogP contribution in [0.3, 0.4) is 0 Å². The summed E-state index contributed by atoms with van der Waals surface area (Å²) in [5.74, 6) is -2.58. The van der Waals surface area contributed by atoms with Gasteiger partial charge in [-0.25, -0.2) is 0 Å². The number of hydrogen-bond acceptors (Lipinski definition) is 2. The molecule has 0 amide bonds. The Kier molecular flexibility index (Phi) is 2.42. The Morgan fingerprint density at radius 2 is 1.58 bits per heavy atom. The standard InChI is InChI=1S/C7H5F2O2S/c8-7(9)12(10,11)6-4-2-1-3-5-6/h1-5H/q-1. The highest BCUT2D eigenvalue weighted by Crippen LogP contribution is 2.22. The summed E-state index contributed by atoms with van der Waals surface area (Å²) < 4.78 is 45.1. The van der Waals surface area contributed by atoms with E-state index in [-0.39, 0.29) is 4.90 Å². The summed E-state index contributed by atoms with van der Waals surface area (Å²) in [5, 5.41) is 0. The highest BCUT2D eigenvalue weighted by molar-refractivity contribution is 7.93. The minimum absolute atomic E-state index is 0.384. The molecule has 12 heavy (non-hydrogen) atoms. The zero-order chi connectivity index (χ0) is 9.19. The second-order valence-corrected chi connectivity index (χ2v) is 3.83. The van der Waals surface area contributed by atoms with Crippen molar-refractivity contribution in [1.82, 2.24) is 0 Å². The van der Waals surface area contributed by atoms with Gasteiger partial charge in [-0.3, -0.25) is 8.42 Å². The van der Waals surface area contributed by atoms with Gasteiger partial charge in [-0.05, 0) is 12.1 Å². The summed E-state index contributed by atoms with van der Waals surface area (Å²) in [6.45, 7) is 0. The second-order valence-electron chi connectivity index (χ2n) is 2.04. The Labute approximate surface area is 68.8 Å². The van der Waals surface area contributed by atoms with E-state index in [1.165, 1.54) is 12.1 Å². The lowest BCUT2D eigenvalue weighted by Gasteiger charge is -2.11. The summed E-state index contributed by atoms with van der Waals surface area (Å²) in [6, 6.07) is 6.56. The third-order valence-electron chi connectivity index (χ3n) is 1.26. The quantitative estimate of drug-likeness (QED) is 0.668. The van der Waals surface area contributed by atoms with Crippen molar-refractivity contribution < 1.29 is 17.2 Å². The van der Waals surface area contributed by atoms with Crippen LogP contribution in [0.5, 0.6) is 0 Å². The Hall–Kier alpha value is -0.970. The molecule has 1 aromatic carbocycles. The van der Waals surface area contributed by atoms with Gasteiger partial charge in [-0.15, -0.1) is 0 Å². The molecule has 0 heterocycles. The summed E-state index contributed by atoms with van der Waals surface area (Å²) in [5.41, 5.74) is 0. The molecule has 0 saturated carbocycles. The van der Waals surface area contributed by atoms with E-state index in [9.17, 15) is 17.2 Å².